The predicted octanol–water partition coefficient (Wildman–Crippen LogP) is 0.847. The number of aromatic nitrogens is 1. The second-order valence-electron chi connectivity index (χ2n) is 7.77. The van der Waals surface area contributed by atoms with Crippen LogP contribution in [0.2, 0.25) is 0 Å². The predicted molar refractivity (Wildman–Crippen MR) is 104 cm³/mol. The van der Waals surface area contributed by atoms with Crippen LogP contribution in [-0.2, 0) is 20.9 Å². The zero-order valence-corrected chi connectivity index (χ0v) is 16.5. The molecule has 3 N–H and O–H groups in total. The molecule has 3 amide bonds. The molecule has 2 heterocycles. The molecule has 1 aliphatic heterocycles. The maximum Gasteiger partial charge on any atom is 0.244 e. The number of hydroxylamine groups is 2. The summed E-state index contributed by atoms with van der Waals surface area (Å²) in [5, 5.41) is 14.4. The van der Waals surface area contributed by atoms with Crippen molar-refractivity contribution in [2.75, 3.05) is 13.1 Å². The molecule has 1 unspecified atom stereocenters. The Labute approximate surface area is 170 Å². The minimum Gasteiger partial charge on any atom is -0.349 e. The molecule has 2 aliphatic rings. The van der Waals surface area contributed by atoms with Gasteiger partial charge in [0.15, 0.2) is 0 Å². The molecule has 1 saturated carbocycles. The summed E-state index contributed by atoms with van der Waals surface area (Å²) in [6, 6.07) is 4.85. The summed E-state index contributed by atoms with van der Waals surface area (Å²) in [7, 11) is 0. The lowest BCUT2D eigenvalue weighted by atomic mass is 9.92. The van der Waals surface area contributed by atoms with Crippen LogP contribution < -0.4 is 10.7 Å². The number of rotatable bonds is 9. The summed E-state index contributed by atoms with van der Waals surface area (Å²) in [6.45, 7) is 0.735. The fraction of sp³-hybridized carbons (Fsp3) is 0.600. The van der Waals surface area contributed by atoms with Gasteiger partial charge in [-0.1, -0.05) is 31.7 Å². The van der Waals surface area contributed by atoms with Gasteiger partial charge in [0.25, 0.3) is 0 Å². The maximum absolute atomic E-state index is 13.2. The van der Waals surface area contributed by atoms with Gasteiger partial charge in [0, 0.05) is 12.7 Å². The Hall–Kier alpha value is -2.52. The van der Waals surface area contributed by atoms with Gasteiger partial charge in [0.05, 0.1) is 24.7 Å². The molecule has 1 aromatic heterocycles. The summed E-state index contributed by atoms with van der Waals surface area (Å²) in [5.41, 5.74) is 3.74. The Balaban J connectivity index is 1.63. The van der Waals surface area contributed by atoms with E-state index in [1.165, 1.54) is 5.01 Å². The van der Waals surface area contributed by atoms with Gasteiger partial charge in [0.1, 0.15) is 6.04 Å². The largest absolute Gasteiger partial charge is 0.349 e. The third-order valence-electron chi connectivity index (χ3n) is 5.69. The highest BCUT2D eigenvalue weighted by Crippen LogP contribution is 2.31. The van der Waals surface area contributed by atoms with Crippen molar-refractivity contribution in [3.63, 3.8) is 0 Å². The van der Waals surface area contributed by atoms with Gasteiger partial charge in [-0.05, 0) is 30.9 Å². The van der Waals surface area contributed by atoms with E-state index >= 15 is 0 Å². The molecule has 0 radical (unpaired) electrons. The molecule has 0 spiro atoms. The third kappa shape index (κ3) is 5.74. The summed E-state index contributed by atoms with van der Waals surface area (Å²) in [5.74, 6) is -0.647. The molecular weight excluding hydrogens is 374 g/mol. The van der Waals surface area contributed by atoms with Crippen LogP contribution in [0.3, 0.4) is 0 Å². The number of hydrazine groups is 1. The molecule has 0 aromatic carbocycles. The summed E-state index contributed by atoms with van der Waals surface area (Å²) >= 11 is 0. The van der Waals surface area contributed by atoms with Gasteiger partial charge in [-0.3, -0.25) is 29.6 Å². The van der Waals surface area contributed by atoms with Gasteiger partial charge < -0.3 is 5.32 Å². The zero-order chi connectivity index (χ0) is 20.6. The van der Waals surface area contributed by atoms with E-state index in [2.05, 4.69) is 15.7 Å². The van der Waals surface area contributed by atoms with Crippen LogP contribution in [-0.4, -0.2) is 57.6 Å². The highest BCUT2D eigenvalue weighted by molar-refractivity contribution is 5.88. The monoisotopic (exact) mass is 403 g/mol. The average Bonchev–Trinajstić information content (AvgIpc) is 3.43. The van der Waals surface area contributed by atoms with E-state index < -0.39 is 12.0 Å². The number of hydrogen-bond acceptors (Lipinski definition) is 6. The Bertz CT molecular complexity index is 695. The molecule has 9 heteroatoms. The molecule has 1 aromatic rings. The van der Waals surface area contributed by atoms with Crippen molar-refractivity contribution in [2.45, 2.75) is 51.1 Å². The fourth-order valence-corrected chi connectivity index (χ4v) is 4.21. The van der Waals surface area contributed by atoms with Crippen LogP contribution in [0.25, 0.3) is 0 Å². The molecular formula is C20H29N5O4. The zero-order valence-electron chi connectivity index (χ0n) is 16.5. The standard InChI is InChI=1S/C20H29N5O4/c26-14-24(29)13-16(11-15-5-1-2-6-15)20(28)25-18(8-10-23-25)19(27)22-12-17-7-3-4-9-21-17/h3-4,7,9,14-16,18,23,29H,1-2,5-6,8,10-13H2,(H,22,27)/t16?,18-/m0/s1. The van der Waals surface area contributed by atoms with Crippen molar-refractivity contribution in [1.82, 2.24) is 25.8 Å². The number of carbonyl (C=O) groups excluding carboxylic acids is 3. The molecule has 3 rings (SSSR count). The Morgan fingerprint density at radius 2 is 2.14 bits per heavy atom. The third-order valence-corrected chi connectivity index (χ3v) is 5.69. The van der Waals surface area contributed by atoms with Crippen LogP contribution in [0.5, 0.6) is 0 Å². The number of hydrogen-bond donors (Lipinski definition) is 3. The summed E-state index contributed by atoms with van der Waals surface area (Å²) in [6.07, 6.45) is 7.47. The van der Waals surface area contributed by atoms with E-state index in [9.17, 15) is 19.6 Å². The van der Waals surface area contributed by atoms with Gasteiger partial charge in [0.2, 0.25) is 18.2 Å². The molecule has 2 fully saturated rings. The van der Waals surface area contributed by atoms with Crippen molar-refractivity contribution >= 4 is 18.2 Å². The maximum atomic E-state index is 13.2. The van der Waals surface area contributed by atoms with Gasteiger partial charge >= 0.3 is 0 Å². The quantitative estimate of drug-likeness (QED) is 0.320. The van der Waals surface area contributed by atoms with Crippen molar-refractivity contribution < 1.29 is 19.6 Å². The van der Waals surface area contributed by atoms with Crippen LogP contribution in [0.4, 0.5) is 0 Å². The van der Waals surface area contributed by atoms with E-state index in [1.54, 1.807) is 12.3 Å². The Morgan fingerprint density at radius 1 is 1.34 bits per heavy atom. The lowest BCUT2D eigenvalue weighted by Gasteiger charge is -2.29. The summed E-state index contributed by atoms with van der Waals surface area (Å²) in [4.78, 5) is 40.9. The van der Waals surface area contributed by atoms with Gasteiger partial charge in [-0.2, -0.15) is 0 Å². The van der Waals surface area contributed by atoms with Crippen LogP contribution in [0.15, 0.2) is 24.4 Å². The van der Waals surface area contributed by atoms with Crippen molar-refractivity contribution in [2.24, 2.45) is 11.8 Å². The minimum atomic E-state index is -0.624. The molecule has 29 heavy (non-hydrogen) atoms. The number of nitrogens with one attached hydrogen (secondary N) is 2. The molecule has 0 bridgehead atoms. The van der Waals surface area contributed by atoms with Crippen LogP contribution in [0.1, 0.15) is 44.2 Å². The van der Waals surface area contributed by atoms with E-state index in [4.69, 9.17) is 0 Å². The molecule has 1 saturated heterocycles. The lowest BCUT2D eigenvalue weighted by Crippen LogP contribution is -2.53. The molecule has 1 aliphatic carbocycles. The second-order valence-corrected chi connectivity index (χ2v) is 7.77. The smallest absolute Gasteiger partial charge is 0.244 e. The highest BCUT2D eigenvalue weighted by Gasteiger charge is 2.38. The van der Waals surface area contributed by atoms with E-state index in [1.807, 2.05) is 12.1 Å². The molecule has 158 valence electrons. The van der Waals surface area contributed by atoms with Crippen LogP contribution >= 0.6 is 0 Å². The lowest BCUT2D eigenvalue weighted by molar-refractivity contribution is -0.159. The number of pyridine rings is 1. The van der Waals surface area contributed by atoms with Gasteiger partial charge in [-0.15, -0.1) is 0 Å². The van der Waals surface area contributed by atoms with Crippen molar-refractivity contribution in [1.29, 1.82) is 0 Å². The molecule has 2 atom stereocenters. The Kier molecular flexibility index (Phi) is 7.54. The Morgan fingerprint density at radius 3 is 2.83 bits per heavy atom. The minimum absolute atomic E-state index is 0.0702. The van der Waals surface area contributed by atoms with Crippen molar-refractivity contribution in [3.8, 4) is 0 Å². The first kappa shape index (κ1) is 21.2. The fourth-order valence-electron chi connectivity index (χ4n) is 4.21. The molecule has 9 nitrogen and oxygen atoms in total. The van der Waals surface area contributed by atoms with Crippen LogP contribution in [0, 0.1) is 11.8 Å². The number of carbonyl (C=O) groups is 3. The first-order chi connectivity index (χ1) is 14.1. The van der Waals surface area contributed by atoms with Crippen molar-refractivity contribution in [3.05, 3.63) is 30.1 Å². The van der Waals surface area contributed by atoms with E-state index in [0.29, 0.717) is 43.3 Å². The number of amides is 3. The normalized spacial score (nSPS) is 20.4. The van der Waals surface area contributed by atoms with Gasteiger partial charge in [-0.25, -0.2) is 10.5 Å². The SMILES string of the molecule is O=CN(O)CC(CC1CCCC1)C(=O)N1NCC[C@H]1C(=O)NCc1ccccn1. The number of nitrogens with zero attached hydrogens (tertiary/aromatic N) is 3. The topological polar surface area (TPSA) is 115 Å². The van der Waals surface area contributed by atoms with E-state index in [-0.39, 0.29) is 18.4 Å². The average molecular weight is 403 g/mol. The first-order valence-corrected chi connectivity index (χ1v) is 10.2. The first-order valence-electron chi connectivity index (χ1n) is 10.2. The highest BCUT2D eigenvalue weighted by atomic mass is 16.5. The van der Waals surface area contributed by atoms with E-state index in [0.717, 1.165) is 31.4 Å². The summed E-state index contributed by atoms with van der Waals surface area (Å²) < 4.78 is 0. The second kappa shape index (κ2) is 10.3.